The van der Waals surface area contributed by atoms with Crippen molar-refractivity contribution < 1.29 is 23.8 Å². The van der Waals surface area contributed by atoms with Crippen LogP contribution in [-0.2, 0) is 14.3 Å². The van der Waals surface area contributed by atoms with Crippen molar-refractivity contribution in [2.45, 2.75) is 25.0 Å². The smallest absolute Gasteiger partial charge is 0.226 e. The van der Waals surface area contributed by atoms with E-state index in [1.54, 1.807) is 33.3 Å². The summed E-state index contributed by atoms with van der Waals surface area (Å²) in [5, 5.41) is 6.76. The zero-order chi connectivity index (χ0) is 26.4. The van der Waals surface area contributed by atoms with Crippen LogP contribution in [0, 0.1) is 0 Å². The van der Waals surface area contributed by atoms with E-state index < -0.39 is 12.0 Å². The first-order chi connectivity index (χ1) is 18.0. The number of nitrogens with zero attached hydrogens (tertiary/aromatic N) is 2. The maximum absolute atomic E-state index is 14.0. The highest BCUT2D eigenvalue weighted by Crippen LogP contribution is 2.34. The quantitative estimate of drug-likeness (QED) is 0.390. The molecule has 2 heterocycles. The highest BCUT2D eigenvalue weighted by atomic mass is 16.6. The summed E-state index contributed by atoms with van der Waals surface area (Å²) in [5.41, 5.74) is 0.936. The summed E-state index contributed by atoms with van der Waals surface area (Å²) in [4.78, 5) is 30.7. The van der Waals surface area contributed by atoms with E-state index >= 15 is 0 Å². The van der Waals surface area contributed by atoms with Gasteiger partial charge in [-0.3, -0.25) is 14.9 Å². The first-order valence-corrected chi connectivity index (χ1v) is 12.5. The van der Waals surface area contributed by atoms with Crippen LogP contribution in [0.2, 0.25) is 0 Å². The molecule has 2 saturated heterocycles. The Balaban J connectivity index is 1.72. The average molecular weight is 509 g/mol. The lowest BCUT2D eigenvalue weighted by atomic mass is 9.97. The predicted octanol–water partition coefficient (Wildman–Crippen LogP) is 2.14. The van der Waals surface area contributed by atoms with Crippen LogP contribution in [0.4, 0.5) is 5.69 Å². The number of methoxy groups -OCH3 is 3. The van der Waals surface area contributed by atoms with Crippen LogP contribution >= 0.6 is 0 Å². The number of ether oxygens (including phenoxy) is 3. The summed E-state index contributed by atoms with van der Waals surface area (Å²) in [6.45, 7) is 4.75. The standard InChI is InChI=1S/C28H36N4O5/c1-20(33)23-7-5-6-8-24(23)31-17-15-29-19-26(31)32-18-16-30-27(36-3)28(32,37-4)25(34)14-11-21-9-12-22(35-2)13-10-21/h5-14,26-27,29-30H,15-19H2,1-4H3/b14-11+. The molecule has 3 atom stereocenters. The van der Waals surface area contributed by atoms with E-state index in [4.69, 9.17) is 14.2 Å². The molecule has 9 heteroatoms. The Morgan fingerprint density at radius 2 is 1.78 bits per heavy atom. The normalized spacial score (nSPS) is 24.8. The van der Waals surface area contributed by atoms with Gasteiger partial charge in [-0.15, -0.1) is 0 Å². The summed E-state index contributed by atoms with van der Waals surface area (Å²) in [6, 6.07) is 15.1. The van der Waals surface area contributed by atoms with Crippen LogP contribution < -0.4 is 20.3 Å². The summed E-state index contributed by atoms with van der Waals surface area (Å²) in [5.74, 6) is 0.504. The van der Waals surface area contributed by atoms with Gasteiger partial charge in [0.05, 0.1) is 13.3 Å². The van der Waals surface area contributed by atoms with Crippen molar-refractivity contribution in [3.05, 3.63) is 65.7 Å². The molecule has 0 saturated carbocycles. The van der Waals surface area contributed by atoms with Crippen molar-refractivity contribution in [3.63, 3.8) is 0 Å². The fraction of sp³-hybridized carbons (Fsp3) is 0.429. The molecule has 2 aliphatic rings. The zero-order valence-corrected chi connectivity index (χ0v) is 21.9. The molecule has 0 radical (unpaired) electrons. The monoisotopic (exact) mass is 508 g/mol. The van der Waals surface area contributed by atoms with Gasteiger partial charge in [0.2, 0.25) is 11.5 Å². The van der Waals surface area contributed by atoms with Crippen molar-refractivity contribution in [1.82, 2.24) is 15.5 Å². The minimum Gasteiger partial charge on any atom is -0.497 e. The maximum atomic E-state index is 14.0. The van der Waals surface area contributed by atoms with Crippen LogP contribution in [0.5, 0.6) is 5.75 Å². The number of carbonyl (C=O) groups excluding carboxylic acids is 2. The molecule has 0 aromatic heterocycles. The number of piperazine rings is 2. The molecule has 4 rings (SSSR count). The molecular weight excluding hydrogens is 472 g/mol. The van der Waals surface area contributed by atoms with E-state index in [0.717, 1.165) is 23.5 Å². The number of nitrogens with one attached hydrogen (secondary N) is 2. The number of ketones is 2. The fourth-order valence-electron chi connectivity index (χ4n) is 5.26. The lowest BCUT2D eigenvalue weighted by Gasteiger charge is -2.55. The Morgan fingerprint density at radius 1 is 1.03 bits per heavy atom. The Morgan fingerprint density at radius 3 is 2.46 bits per heavy atom. The minimum atomic E-state index is -1.43. The number of hydrogen-bond donors (Lipinski definition) is 2. The molecule has 2 fully saturated rings. The second kappa shape index (κ2) is 12.0. The molecule has 3 unspecified atom stereocenters. The highest BCUT2D eigenvalue weighted by molar-refractivity contribution is 6.01. The summed E-state index contributed by atoms with van der Waals surface area (Å²) in [6.07, 6.45) is 2.35. The summed E-state index contributed by atoms with van der Waals surface area (Å²) >= 11 is 0. The molecule has 2 aliphatic heterocycles. The molecule has 0 spiro atoms. The van der Waals surface area contributed by atoms with E-state index in [1.165, 1.54) is 7.11 Å². The summed E-state index contributed by atoms with van der Waals surface area (Å²) in [7, 11) is 4.72. The van der Waals surface area contributed by atoms with Crippen LogP contribution in [0.15, 0.2) is 54.6 Å². The van der Waals surface area contributed by atoms with E-state index in [-0.39, 0.29) is 17.7 Å². The Hall–Kier alpha value is -3.08. The molecular formula is C28H36N4O5. The maximum Gasteiger partial charge on any atom is 0.226 e. The van der Waals surface area contributed by atoms with Crippen molar-refractivity contribution in [3.8, 4) is 5.75 Å². The molecule has 2 aromatic carbocycles. The molecule has 2 N–H and O–H groups in total. The van der Waals surface area contributed by atoms with E-state index in [1.807, 2.05) is 48.5 Å². The second-order valence-electron chi connectivity index (χ2n) is 9.09. The third kappa shape index (κ3) is 5.32. The van der Waals surface area contributed by atoms with Crippen LogP contribution in [-0.4, -0.2) is 88.6 Å². The number of benzene rings is 2. The van der Waals surface area contributed by atoms with Gasteiger partial charge in [0.25, 0.3) is 0 Å². The molecule has 2 aromatic rings. The van der Waals surface area contributed by atoms with Crippen molar-refractivity contribution in [2.24, 2.45) is 0 Å². The number of carbonyl (C=O) groups is 2. The lowest BCUT2D eigenvalue weighted by Crippen LogP contribution is -2.77. The lowest BCUT2D eigenvalue weighted by molar-refractivity contribution is -0.231. The van der Waals surface area contributed by atoms with Gasteiger partial charge in [-0.25, -0.2) is 4.90 Å². The van der Waals surface area contributed by atoms with E-state index in [9.17, 15) is 9.59 Å². The van der Waals surface area contributed by atoms with Crippen LogP contribution in [0.3, 0.4) is 0 Å². The van der Waals surface area contributed by atoms with E-state index in [2.05, 4.69) is 20.4 Å². The Kier molecular flexibility index (Phi) is 8.73. The van der Waals surface area contributed by atoms with Crippen molar-refractivity contribution >= 4 is 23.3 Å². The molecule has 0 amide bonds. The molecule has 0 bridgehead atoms. The van der Waals surface area contributed by atoms with Gasteiger partial charge in [-0.2, -0.15) is 0 Å². The number of para-hydroxylation sites is 1. The largest absolute Gasteiger partial charge is 0.497 e. The first kappa shape index (κ1) is 27.0. The molecule has 0 aliphatic carbocycles. The van der Waals surface area contributed by atoms with Gasteiger partial charge in [-0.05, 0) is 42.8 Å². The van der Waals surface area contributed by atoms with Gasteiger partial charge in [0.15, 0.2) is 12.0 Å². The predicted molar refractivity (Wildman–Crippen MR) is 143 cm³/mol. The van der Waals surface area contributed by atoms with E-state index in [0.29, 0.717) is 31.7 Å². The second-order valence-corrected chi connectivity index (χ2v) is 9.09. The molecule has 9 nitrogen and oxygen atoms in total. The third-order valence-corrected chi connectivity index (χ3v) is 7.08. The Labute approximate surface area is 218 Å². The third-order valence-electron chi connectivity index (χ3n) is 7.08. The van der Waals surface area contributed by atoms with Gasteiger partial charge < -0.3 is 24.4 Å². The molecule has 37 heavy (non-hydrogen) atoms. The van der Waals surface area contributed by atoms with Gasteiger partial charge in [-0.1, -0.05) is 30.3 Å². The highest BCUT2D eigenvalue weighted by Gasteiger charge is 2.56. The average Bonchev–Trinajstić information content (AvgIpc) is 2.95. The van der Waals surface area contributed by atoms with Crippen LogP contribution in [0.25, 0.3) is 6.08 Å². The number of rotatable bonds is 9. The fourth-order valence-corrected chi connectivity index (χ4v) is 5.26. The van der Waals surface area contributed by atoms with Gasteiger partial charge in [0, 0.05) is 58.2 Å². The van der Waals surface area contributed by atoms with Crippen molar-refractivity contribution in [2.75, 3.05) is 59.0 Å². The van der Waals surface area contributed by atoms with Gasteiger partial charge >= 0.3 is 0 Å². The summed E-state index contributed by atoms with van der Waals surface area (Å²) < 4.78 is 17.1. The SMILES string of the molecule is COc1ccc(/C=C/C(=O)C2(OC)C(OC)NCCN2C2CNCCN2c2ccccc2C(C)=O)cc1. The number of hydrogen-bond acceptors (Lipinski definition) is 9. The van der Waals surface area contributed by atoms with Gasteiger partial charge in [0.1, 0.15) is 5.75 Å². The Bertz CT molecular complexity index is 1120. The van der Waals surface area contributed by atoms with Crippen LogP contribution in [0.1, 0.15) is 22.8 Å². The number of Topliss-reactive ketones (excluding diaryl/α,β-unsaturated/α-hetero) is 1. The first-order valence-electron chi connectivity index (χ1n) is 12.5. The minimum absolute atomic E-state index is 0.000493. The topological polar surface area (TPSA) is 92.4 Å². The zero-order valence-electron chi connectivity index (χ0n) is 21.9. The molecule has 198 valence electrons. The van der Waals surface area contributed by atoms with Crippen molar-refractivity contribution in [1.29, 1.82) is 0 Å². The number of anilines is 1.